The van der Waals surface area contributed by atoms with Gasteiger partial charge in [-0.15, -0.1) is 0 Å². The fourth-order valence-corrected chi connectivity index (χ4v) is 2.95. The highest BCUT2D eigenvalue weighted by molar-refractivity contribution is 7.90. The summed E-state index contributed by atoms with van der Waals surface area (Å²) in [6, 6.07) is 3.01. The van der Waals surface area contributed by atoms with Crippen molar-refractivity contribution < 1.29 is 23.0 Å². The molecule has 1 fully saturated rings. The van der Waals surface area contributed by atoms with Crippen molar-refractivity contribution in [1.29, 1.82) is 0 Å². The molecule has 3 rings (SSSR count). The number of ether oxygens (including phenoxy) is 2. The van der Waals surface area contributed by atoms with Crippen LogP contribution in [-0.4, -0.2) is 26.6 Å². The Hall–Kier alpha value is -1.27. The Morgan fingerprint density at radius 2 is 1.82 bits per heavy atom. The second kappa shape index (κ2) is 3.14. The van der Waals surface area contributed by atoms with Crippen LogP contribution in [0.15, 0.2) is 17.0 Å². The minimum absolute atomic E-state index is 0.0837. The highest BCUT2D eigenvalue weighted by Crippen LogP contribution is 2.50. The van der Waals surface area contributed by atoms with Crippen LogP contribution < -0.4 is 9.47 Å². The third-order valence-corrected chi connectivity index (χ3v) is 4.24. The van der Waals surface area contributed by atoms with Gasteiger partial charge >= 0.3 is 0 Å². The van der Waals surface area contributed by atoms with Crippen LogP contribution in [0.3, 0.4) is 0 Å². The highest BCUT2D eigenvalue weighted by atomic mass is 32.2. The van der Waals surface area contributed by atoms with E-state index in [9.17, 15) is 13.5 Å². The molecule has 0 radical (unpaired) electrons. The van der Waals surface area contributed by atoms with Crippen molar-refractivity contribution in [2.24, 2.45) is 0 Å². The SMILES string of the molecule is CS(=O)(=O)c1cc2c(cc1C1(O)CC1)OCO2. The lowest BCUT2D eigenvalue weighted by atomic mass is 10.1. The topological polar surface area (TPSA) is 72.8 Å². The summed E-state index contributed by atoms with van der Waals surface area (Å²) >= 11 is 0. The van der Waals surface area contributed by atoms with Gasteiger partial charge < -0.3 is 14.6 Å². The molecule has 0 spiro atoms. The summed E-state index contributed by atoms with van der Waals surface area (Å²) in [4.78, 5) is 0.127. The van der Waals surface area contributed by atoms with Gasteiger partial charge in [0, 0.05) is 17.9 Å². The van der Waals surface area contributed by atoms with Crippen LogP contribution in [0.25, 0.3) is 0 Å². The lowest BCUT2D eigenvalue weighted by molar-refractivity contribution is 0.147. The predicted octanol–water partition coefficient (Wildman–Crippen LogP) is 0.800. The maximum atomic E-state index is 11.7. The van der Waals surface area contributed by atoms with Gasteiger partial charge in [-0.2, -0.15) is 0 Å². The minimum Gasteiger partial charge on any atom is -0.454 e. The van der Waals surface area contributed by atoms with Gasteiger partial charge in [0.15, 0.2) is 21.3 Å². The summed E-state index contributed by atoms with van der Waals surface area (Å²) in [5, 5.41) is 10.1. The molecular weight excluding hydrogens is 244 g/mol. The molecule has 0 aromatic heterocycles. The van der Waals surface area contributed by atoms with Gasteiger partial charge in [0.1, 0.15) is 0 Å². The van der Waals surface area contributed by atoms with Crippen molar-refractivity contribution >= 4 is 9.84 Å². The lowest BCUT2D eigenvalue weighted by Crippen LogP contribution is -2.11. The fraction of sp³-hybridized carbons (Fsp3) is 0.455. The van der Waals surface area contributed by atoms with E-state index in [4.69, 9.17) is 9.47 Å². The van der Waals surface area contributed by atoms with E-state index in [1.807, 2.05) is 0 Å². The zero-order valence-electron chi connectivity index (χ0n) is 9.26. The van der Waals surface area contributed by atoms with Gasteiger partial charge in [-0.3, -0.25) is 0 Å². The monoisotopic (exact) mass is 256 g/mol. The first-order valence-electron chi connectivity index (χ1n) is 5.27. The molecule has 1 saturated carbocycles. The van der Waals surface area contributed by atoms with Crippen molar-refractivity contribution in [1.82, 2.24) is 0 Å². The van der Waals surface area contributed by atoms with Crippen LogP contribution in [-0.2, 0) is 15.4 Å². The van der Waals surface area contributed by atoms with E-state index in [2.05, 4.69) is 0 Å². The van der Waals surface area contributed by atoms with E-state index in [0.717, 1.165) is 6.26 Å². The number of sulfone groups is 1. The van der Waals surface area contributed by atoms with Crippen molar-refractivity contribution in [2.45, 2.75) is 23.3 Å². The molecule has 1 N–H and O–H groups in total. The first kappa shape index (κ1) is 10.9. The van der Waals surface area contributed by atoms with Crippen LogP contribution in [0, 0.1) is 0 Å². The third kappa shape index (κ3) is 1.68. The number of rotatable bonds is 2. The predicted molar refractivity (Wildman–Crippen MR) is 58.8 cm³/mol. The summed E-state index contributed by atoms with van der Waals surface area (Å²) in [5.74, 6) is 0.908. The van der Waals surface area contributed by atoms with Crippen molar-refractivity contribution in [3.63, 3.8) is 0 Å². The number of aliphatic hydroxyl groups is 1. The average Bonchev–Trinajstić information content (AvgIpc) is 2.83. The molecule has 5 nitrogen and oxygen atoms in total. The maximum Gasteiger partial charge on any atom is 0.231 e. The van der Waals surface area contributed by atoms with E-state index in [-0.39, 0.29) is 11.7 Å². The molecule has 0 unspecified atom stereocenters. The molecule has 2 aliphatic rings. The van der Waals surface area contributed by atoms with E-state index in [1.54, 1.807) is 6.07 Å². The molecule has 0 bridgehead atoms. The van der Waals surface area contributed by atoms with Crippen molar-refractivity contribution in [2.75, 3.05) is 13.0 Å². The van der Waals surface area contributed by atoms with Crippen LogP contribution >= 0.6 is 0 Å². The van der Waals surface area contributed by atoms with Gasteiger partial charge in [0.25, 0.3) is 0 Å². The first-order valence-corrected chi connectivity index (χ1v) is 7.16. The zero-order chi connectivity index (χ0) is 12.3. The standard InChI is InChI=1S/C11H12O5S/c1-17(13,14)10-5-9-8(15-6-16-9)4-7(10)11(12)2-3-11/h4-5,12H,2-3,6H2,1H3. The largest absolute Gasteiger partial charge is 0.454 e. The van der Waals surface area contributed by atoms with E-state index in [1.165, 1.54) is 6.07 Å². The van der Waals surface area contributed by atoms with Crippen molar-refractivity contribution in [3.8, 4) is 11.5 Å². The number of benzene rings is 1. The second-order valence-electron chi connectivity index (χ2n) is 4.51. The van der Waals surface area contributed by atoms with Crippen molar-refractivity contribution in [3.05, 3.63) is 17.7 Å². The molecule has 1 aliphatic carbocycles. The molecule has 6 heteroatoms. The Kier molecular flexibility index (Phi) is 2.01. The molecule has 17 heavy (non-hydrogen) atoms. The van der Waals surface area contributed by atoms with E-state index < -0.39 is 15.4 Å². The molecule has 1 aromatic rings. The Morgan fingerprint density at radius 3 is 2.35 bits per heavy atom. The van der Waals surface area contributed by atoms with Crippen LogP contribution in [0.2, 0.25) is 0 Å². The van der Waals surface area contributed by atoms with Crippen LogP contribution in [0.4, 0.5) is 0 Å². The third-order valence-electron chi connectivity index (χ3n) is 3.10. The van der Waals surface area contributed by atoms with Crippen LogP contribution in [0.5, 0.6) is 11.5 Å². The number of fused-ring (bicyclic) bond motifs is 1. The van der Waals surface area contributed by atoms with Gasteiger partial charge in [-0.05, 0) is 18.9 Å². The maximum absolute atomic E-state index is 11.7. The molecule has 0 amide bonds. The minimum atomic E-state index is -3.39. The first-order chi connectivity index (χ1) is 7.90. The number of hydrogen-bond donors (Lipinski definition) is 1. The van der Waals surface area contributed by atoms with Gasteiger partial charge in [0.2, 0.25) is 6.79 Å². The Balaban J connectivity index is 2.25. The summed E-state index contributed by atoms with van der Waals surface area (Å²) < 4.78 is 33.8. The smallest absolute Gasteiger partial charge is 0.231 e. The number of hydrogen-bond acceptors (Lipinski definition) is 5. The van der Waals surface area contributed by atoms with Crippen LogP contribution in [0.1, 0.15) is 18.4 Å². The molecule has 92 valence electrons. The summed E-state index contributed by atoms with van der Waals surface area (Å²) in [6.07, 6.45) is 2.28. The molecule has 1 aromatic carbocycles. The summed E-state index contributed by atoms with van der Waals surface area (Å²) in [6.45, 7) is 0.0837. The molecular formula is C11H12O5S. The second-order valence-corrected chi connectivity index (χ2v) is 6.49. The molecule has 1 aliphatic heterocycles. The normalized spacial score (nSPS) is 20.4. The Bertz CT molecular complexity index is 586. The molecule has 1 heterocycles. The average molecular weight is 256 g/mol. The molecule has 0 atom stereocenters. The van der Waals surface area contributed by atoms with Gasteiger partial charge in [0.05, 0.1) is 10.5 Å². The Labute approximate surface area is 98.9 Å². The fourth-order valence-electron chi connectivity index (χ4n) is 1.98. The summed E-state index contributed by atoms with van der Waals surface area (Å²) in [7, 11) is -3.39. The lowest BCUT2D eigenvalue weighted by Gasteiger charge is -2.14. The highest BCUT2D eigenvalue weighted by Gasteiger charge is 2.46. The zero-order valence-corrected chi connectivity index (χ0v) is 10.1. The molecule has 0 saturated heterocycles. The summed E-state index contributed by atoms with van der Waals surface area (Å²) in [5.41, 5.74) is -0.594. The quantitative estimate of drug-likeness (QED) is 0.847. The Morgan fingerprint density at radius 1 is 1.24 bits per heavy atom. The van der Waals surface area contributed by atoms with Gasteiger partial charge in [-0.25, -0.2) is 8.42 Å². The van der Waals surface area contributed by atoms with E-state index in [0.29, 0.717) is 29.9 Å². The van der Waals surface area contributed by atoms with E-state index >= 15 is 0 Å². The van der Waals surface area contributed by atoms with Gasteiger partial charge in [-0.1, -0.05) is 0 Å².